The van der Waals surface area contributed by atoms with E-state index in [0.29, 0.717) is 5.76 Å². The van der Waals surface area contributed by atoms with Gasteiger partial charge in [0.2, 0.25) is 11.8 Å². The molecule has 0 aliphatic heterocycles. The first kappa shape index (κ1) is 11.8. The third kappa shape index (κ3) is 2.37. The van der Waals surface area contributed by atoms with E-state index in [2.05, 4.69) is 15.3 Å². The number of nitrogens with one attached hydrogen (secondary N) is 1. The monoisotopic (exact) mass is 249 g/mol. The highest BCUT2D eigenvalue weighted by atomic mass is 16.6. The summed E-state index contributed by atoms with van der Waals surface area (Å²) in [5.74, 6) is 0.709. The fourth-order valence-corrected chi connectivity index (χ4v) is 1.51. The smallest absolute Gasteiger partial charge is 0.332 e. The average molecular weight is 249 g/mol. The number of hydrogen-bond acceptors (Lipinski definition) is 7. The Morgan fingerprint density at radius 1 is 1.56 bits per heavy atom. The molecule has 0 bridgehead atoms. The van der Waals surface area contributed by atoms with E-state index in [-0.39, 0.29) is 29.7 Å². The van der Waals surface area contributed by atoms with Crippen LogP contribution in [0.25, 0.3) is 0 Å². The minimum absolute atomic E-state index is 0.0138. The van der Waals surface area contributed by atoms with Crippen LogP contribution in [0.3, 0.4) is 0 Å². The number of nitro groups is 1. The van der Waals surface area contributed by atoms with Crippen molar-refractivity contribution in [1.29, 1.82) is 0 Å². The maximum atomic E-state index is 10.9. The van der Waals surface area contributed by atoms with Crippen LogP contribution in [0.15, 0.2) is 22.8 Å². The zero-order chi connectivity index (χ0) is 13.1. The molecule has 0 atom stereocenters. The first-order chi connectivity index (χ1) is 8.58. The normalized spacial score (nSPS) is 10.3. The van der Waals surface area contributed by atoms with Gasteiger partial charge in [-0.2, -0.15) is 4.98 Å². The number of nitrogen functional groups attached to an aromatic ring is 1. The Balaban J connectivity index is 2.28. The van der Waals surface area contributed by atoms with Crippen molar-refractivity contribution >= 4 is 17.5 Å². The molecule has 18 heavy (non-hydrogen) atoms. The Kier molecular flexibility index (Phi) is 3.09. The molecule has 8 nitrogen and oxygen atoms in total. The lowest BCUT2D eigenvalue weighted by molar-refractivity contribution is -0.385. The summed E-state index contributed by atoms with van der Waals surface area (Å²) in [6, 6.07) is 3.47. The van der Waals surface area contributed by atoms with Crippen LogP contribution in [0.1, 0.15) is 11.5 Å². The molecule has 0 radical (unpaired) electrons. The molecule has 0 saturated heterocycles. The molecule has 0 aliphatic rings. The second-order valence-corrected chi connectivity index (χ2v) is 3.55. The lowest BCUT2D eigenvalue weighted by Crippen LogP contribution is -2.09. The highest BCUT2D eigenvalue weighted by Crippen LogP contribution is 2.26. The topological polar surface area (TPSA) is 120 Å². The van der Waals surface area contributed by atoms with Crippen molar-refractivity contribution in [2.45, 2.75) is 13.5 Å². The first-order valence-corrected chi connectivity index (χ1v) is 5.12. The van der Waals surface area contributed by atoms with Crippen molar-refractivity contribution < 1.29 is 9.34 Å². The van der Waals surface area contributed by atoms with Gasteiger partial charge < -0.3 is 15.5 Å². The largest absolute Gasteiger partial charge is 0.467 e. The SMILES string of the molecule is Cc1nc(N)nc(NCc2ccco2)c1[N+](=O)[O-]. The number of nitrogens with zero attached hydrogens (tertiary/aromatic N) is 3. The van der Waals surface area contributed by atoms with Gasteiger partial charge in [0.05, 0.1) is 17.7 Å². The average Bonchev–Trinajstić information content (AvgIpc) is 2.77. The summed E-state index contributed by atoms with van der Waals surface area (Å²) in [4.78, 5) is 18.0. The Bertz CT molecular complexity index is 567. The molecule has 8 heteroatoms. The van der Waals surface area contributed by atoms with Gasteiger partial charge >= 0.3 is 5.69 Å². The zero-order valence-electron chi connectivity index (χ0n) is 9.58. The third-order valence-corrected chi connectivity index (χ3v) is 2.27. The molecule has 94 valence electrons. The number of nitrogens with two attached hydrogens (primary N) is 1. The van der Waals surface area contributed by atoms with E-state index >= 15 is 0 Å². The number of anilines is 2. The Morgan fingerprint density at radius 2 is 2.33 bits per heavy atom. The van der Waals surface area contributed by atoms with Gasteiger partial charge in [-0.3, -0.25) is 10.1 Å². The Hall–Kier alpha value is -2.64. The van der Waals surface area contributed by atoms with Crippen molar-refractivity contribution in [3.63, 3.8) is 0 Å². The Morgan fingerprint density at radius 3 is 2.94 bits per heavy atom. The standard InChI is InChI=1S/C10H11N5O3/c1-6-8(15(16)17)9(14-10(11)13-6)12-5-7-3-2-4-18-7/h2-4H,5H2,1H3,(H3,11,12,13,14). The predicted octanol–water partition coefficient (Wildman–Crippen LogP) is 1.48. The van der Waals surface area contributed by atoms with Crippen LogP contribution < -0.4 is 11.1 Å². The molecule has 2 aromatic heterocycles. The zero-order valence-corrected chi connectivity index (χ0v) is 9.58. The van der Waals surface area contributed by atoms with Crippen LogP contribution in [-0.2, 0) is 6.54 Å². The lowest BCUT2D eigenvalue weighted by atomic mass is 10.3. The fourth-order valence-electron chi connectivity index (χ4n) is 1.51. The van der Waals surface area contributed by atoms with Crippen molar-refractivity contribution in [2.75, 3.05) is 11.1 Å². The first-order valence-electron chi connectivity index (χ1n) is 5.12. The van der Waals surface area contributed by atoms with Crippen LogP contribution >= 0.6 is 0 Å². The van der Waals surface area contributed by atoms with E-state index in [0.717, 1.165) is 0 Å². The second-order valence-electron chi connectivity index (χ2n) is 3.55. The second kappa shape index (κ2) is 4.70. The molecule has 2 rings (SSSR count). The summed E-state index contributed by atoms with van der Waals surface area (Å²) < 4.78 is 5.11. The summed E-state index contributed by atoms with van der Waals surface area (Å²) in [6.07, 6.45) is 1.52. The summed E-state index contributed by atoms with van der Waals surface area (Å²) in [5, 5.41) is 13.7. The molecule has 3 N–H and O–H groups in total. The van der Waals surface area contributed by atoms with Crippen LogP contribution in [0.4, 0.5) is 17.5 Å². The highest BCUT2D eigenvalue weighted by molar-refractivity contribution is 5.60. The number of aromatic nitrogens is 2. The summed E-state index contributed by atoms with van der Waals surface area (Å²) >= 11 is 0. The van der Waals surface area contributed by atoms with Gasteiger partial charge in [-0.15, -0.1) is 0 Å². The van der Waals surface area contributed by atoms with E-state index in [1.54, 1.807) is 12.1 Å². The summed E-state index contributed by atoms with van der Waals surface area (Å²) in [5.41, 5.74) is 5.50. The molecule has 0 amide bonds. The van der Waals surface area contributed by atoms with Crippen LogP contribution in [0.5, 0.6) is 0 Å². The lowest BCUT2D eigenvalue weighted by Gasteiger charge is -2.06. The molecule has 0 fully saturated rings. The molecular weight excluding hydrogens is 238 g/mol. The van der Waals surface area contributed by atoms with Gasteiger partial charge in [0.1, 0.15) is 11.5 Å². The number of aryl methyl sites for hydroxylation is 1. The molecule has 2 aromatic rings. The van der Waals surface area contributed by atoms with Crippen LogP contribution in [0, 0.1) is 17.0 Å². The molecule has 0 aromatic carbocycles. The van der Waals surface area contributed by atoms with Gasteiger partial charge in [-0.25, -0.2) is 4.98 Å². The van der Waals surface area contributed by atoms with Gasteiger partial charge in [-0.05, 0) is 19.1 Å². The molecule has 0 spiro atoms. The van der Waals surface area contributed by atoms with Gasteiger partial charge in [0.15, 0.2) is 0 Å². The van der Waals surface area contributed by atoms with Gasteiger partial charge in [0.25, 0.3) is 0 Å². The maximum absolute atomic E-state index is 10.9. The summed E-state index contributed by atoms with van der Waals surface area (Å²) in [7, 11) is 0. The maximum Gasteiger partial charge on any atom is 0.332 e. The molecule has 0 aliphatic carbocycles. The van der Waals surface area contributed by atoms with E-state index < -0.39 is 4.92 Å². The Labute approximate surface area is 102 Å². The molecular formula is C10H11N5O3. The molecule has 2 heterocycles. The quantitative estimate of drug-likeness (QED) is 0.621. The van der Waals surface area contributed by atoms with Gasteiger partial charge in [-0.1, -0.05) is 0 Å². The van der Waals surface area contributed by atoms with Crippen molar-refractivity contribution in [3.05, 3.63) is 40.0 Å². The number of furan rings is 1. The van der Waals surface area contributed by atoms with E-state index in [1.807, 2.05) is 0 Å². The van der Waals surface area contributed by atoms with Crippen molar-refractivity contribution in [1.82, 2.24) is 9.97 Å². The number of hydrogen-bond donors (Lipinski definition) is 2. The van der Waals surface area contributed by atoms with Crippen molar-refractivity contribution in [3.8, 4) is 0 Å². The number of rotatable bonds is 4. The van der Waals surface area contributed by atoms with Crippen LogP contribution in [0.2, 0.25) is 0 Å². The van der Waals surface area contributed by atoms with Crippen LogP contribution in [-0.4, -0.2) is 14.9 Å². The van der Waals surface area contributed by atoms with E-state index in [9.17, 15) is 10.1 Å². The van der Waals surface area contributed by atoms with E-state index in [4.69, 9.17) is 10.2 Å². The summed E-state index contributed by atoms with van der Waals surface area (Å²) in [6.45, 7) is 1.79. The predicted molar refractivity (Wildman–Crippen MR) is 63.9 cm³/mol. The minimum atomic E-state index is -0.542. The third-order valence-electron chi connectivity index (χ3n) is 2.27. The van der Waals surface area contributed by atoms with E-state index in [1.165, 1.54) is 13.2 Å². The minimum Gasteiger partial charge on any atom is -0.467 e. The highest BCUT2D eigenvalue weighted by Gasteiger charge is 2.21. The fraction of sp³-hybridized carbons (Fsp3) is 0.200. The molecule has 0 saturated carbocycles. The molecule has 0 unspecified atom stereocenters. The van der Waals surface area contributed by atoms with Gasteiger partial charge in [0, 0.05) is 0 Å². The van der Waals surface area contributed by atoms with Crippen molar-refractivity contribution in [2.24, 2.45) is 0 Å².